The predicted octanol–water partition coefficient (Wildman–Crippen LogP) is 5.32. The molecule has 2 N–H and O–H groups in total. The maximum Gasteiger partial charge on any atom is 0.225 e. The van der Waals surface area contributed by atoms with Crippen LogP contribution in [0.4, 0.5) is 11.6 Å². The molecule has 3 heterocycles. The molecule has 2 amide bonds. The Balaban J connectivity index is 1.31. The van der Waals surface area contributed by atoms with Gasteiger partial charge in [0.25, 0.3) is 0 Å². The van der Waals surface area contributed by atoms with Crippen molar-refractivity contribution in [2.75, 3.05) is 23.8 Å². The number of aryl methyl sites for hydroxylation is 2. The molecule has 38 heavy (non-hydrogen) atoms. The highest BCUT2D eigenvalue weighted by Crippen LogP contribution is 2.25. The predicted molar refractivity (Wildman–Crippen MR) is 147 cm³/mol. The van der Waals surface area contributed by atoms with Gasteiger partial charge in [0.1, 0.15) is 23.1 Å². The normalized spacial score (nSPS) is 15.5. The molecule has 1 aliphatic heterocycles. The largest absolute Gasteiger partial charge is 0.494 e. The molecule has 0 fully saturated rings. The van der Waals surface area contributed by atoms with Crippen LogP contribution in [0.15, 0.2) is 72.8 Å². The first-order valence-corrected chi connectivity index (χ1v) is 12.9. The van der Waals surface area contributed by atoms with Crippen molar-refractivity contribution in [2.24, 2.45) is 0 Å². The molecule has 0 spiro atoms. The van der Waals surface area contributed by atoms with Crippen LogP contribution in [0.3, 0.4) is 0 Å². The molecule has 5 rings (SSSR count). The molecule has 0 atom stereocenters. The first-order chi connectivity index (χ1) is 18.6. The van der Waals surface area contributed by atoms with Crippen LogP contribution >= 0.6 is 0 Å². The number of carbonyl (C=O) groups excluding carboxylic acids is 2. The zero-order valence-corrected chi connectivity index (χ0v) is 21.1. The number of carbonyl (C=O) groups is 2. The fraction of sp³-hybridized carbons (Fsp3) is 0.267. The van der Waals surface area contributed by atoms with Gasteiger partial charge in [0, 0.05) is 24.2 Å². The van der Waals surface area contributed by atoms with Gasteiger partial charge in [-0.25, -0.2) is 9.97 Å². The molecule has 8 nitrogen and oxygen atoms in total. The number of rotatable bonds is 0. The highest BCUT2D eigenvalue weighted by Gasteiger charge is 2.08. The van der Waals surface area contributed by atoms with Crippen LogP contribution in [-0.4, -0.2) is 35.0 Å². The third-order valence-corrected chi connectivity index (χ3v) is 6.20. The van der Waals surface area contributed by atoms with Crippen molar-refractivity contribution in [2.45, 2.75) is 38.5 Å². The number of anilines is 2. The molecule has 194 valence electrons. The van der Waals surface area contributed by atoms with Crippen LogP contribution in [0.1, 0.15) is 37.1 Å². The molecule has 0 radical (unpaired) electrons. The minimum absolute atomic E-state index is 0.103. The SMILES string of the molecule is O=C1CCCOc2ccc3ccc(cc3c2)OCCCC(=O)Nc2cccc(n2)CCc2cccc(n2)N1. The number of pyridine rings is 2. The highest BCUT2D eigenvalue weighted by atomic mass is 16.5. The van der Waals surface area contributed by atoms with Crippen molar-refractivity contribution in [3.8, 4) is 11.5 Å². The van der Waals surface area contributed by atoms with Gasteiger partial charge in [-0.2, -0.15) is 0 Å². The number of hydrogen-bond acceptors (Lipinski definition) is 6. The lowest BCUT2D eigenvalue weighted by molar-refractivity contribution is -0.117. The lowest BCUT2D eigenvalue weighted by atomic mass is 10.1. The van der Waals surface area contributed by atoms with E-state index in [4.69, 9.17) is 9.47 Å². The van der Waals surface area contributed by atoms with Crippen molar-refractivity contribution < 1.29 is 19.1 Å². The number of hydrogen-bond donors (Lipinski definition) is 2. The second-order valence-electron chi connectivity index (χ2n) is 9.20. The van der Waals surface area contributed by atoms with E-state index in [1.807, 2.05) is 60.7 Å². The average molecular weight is 511 g/mol. The zero-order chi connectivity index (χ0) is 26.2. The molecule has 2 aromatic carbocycles. The van der Waals surface area contributed by atoms with Gasteiger partial charge >= 0.3 is 0 Å². The Kier molecular flexibility index (Phi) is 8.08. The van der Waals surface area contributed by atoms with Crippen LogP contribution < -0.4 is 20.1 Å². The molecule has 1 aliphatic rings. The molecular weight excluding hydrogens is 480 g/mol. The summed E-state index contributed by atoms with van der Waals surface area (Å²) in [5.74, 6) is 2.33. The van der Waals surface area contributed by atoms with E-state index in [2.05, 4.69) is 20.6 Å². The van der Waals surface area contributed by atoms with Crippen LogP contribution in [0.25, 0.3) is 10.8 Å². The van der Waals surface area contributed by atoms with Crippen LogP contribution in [0.2, 0.25) is 0 Å². The molecule has 0 aliphatic carbocycles. The van der Waals surface area contributed by atoms with E-state index in [-0.39, 0.29) is 11.8 Å². The summed E-state index contributed by atoms with van der Waals surface area (Å²) in [6.07, 6.45) is 3.15. The van der Waals surface area contributed by atoms with E-state index in [1.54, 1.807) is 12.1 Å². The number of nitrogens with zero attached hydrogens (tertiary/aromatic N) is 2. The molecule has 2 aromatic heterocycles. The van der Waals surface area contributed by atoms with Gasteiger partial charge in [-0.05, 0) is 85.0 Å². The standard InChI is InChI=1S/C30H30N4O4/c35-29-9-3-17-37-25-15-11-21-12-16-26(20-22(21)19-25)38-18-4-10-30(36)34-28-8-2-6-24(32-28)14-13-23-5-1-7-27(31-23)33-29/h1-2,5-8,11-12,15-16,19-20H,3-4,9-10,13-14,17-18H2,(H,31,33,35)(H,32,34,36). The fourth-order valence-corrected chi connectivity index (χ4v) is 4.27. The second kappa shape index (κ2) is 12.2. The lowest BCUT2D eigenvalue weighted by Gasteiger charge is -2.10. The fourth-order valence-electron chi connectivity index (χ4n) is 4.27. The smallest absolute Gasteiger partial charge is 0.225 e. The molecule has 8 heteroatoms. The van der Waals surface area contributed by atoms with Crippen LogP contribution in [0, 0.1) is 0 Å². The Morgan fingerprint density at radius 3 is 1.58 bits per heavy atom. The van der Waals surface area contributed by atoms with E-state index in [1.165, 1.54) is 0 Å². The van der Waals surface area contributed by atoms with E-state index in [0.29, 0.717) is 63.4 Å². The molecule has 0 saturated carbocycles. The minimum atomic E-state index is -0.103. The average Bonchev–Trinajstić information content (AvgIpc) is 2.92. The monoisotopic (exact) mass is 510 g/mol. The Bertz CT molecular complexity index is 1330. The van der Waals surface area contributed by atoms with E-state index in [9.17, 15) is 9.59 Å². The van der Waals surface area contributed by atoms with Gasteiger partial charge in [-0.15, -0.1) is 0 Å². The summed E-state index contributed by atoms with van der Waals surface area (Å²) in [5, 5.41) is 7.83. The van der Waals surface area contributed by atoms with Crippen molar-refractivity contribution in [3.05, 3.63) is 84.2 Å². The summed E-state index contributed by atoms with van der Waals surface area (Å²) in [6.45, 7) is 0.855. The summed E-state index contributed by atoms with van der Waals surface area (Å²) in [4.78, 5) is 34.0. The minimum Gasteiger partial charge on any atom is -0.494 e. The van der Waals surface area contributed by atoms with Crippen molar-refractivity contribution in [3.63, 3.8) is 0 Å². The number of ether oxygens (including phenoxy) is 2. The van der Waals surface area contributed by atoms with Gasteiger partial charge < -0.3 is 20.1 Å². The van der Waals surface area contributed by atoms with Crippen LogP contribution in [-0.2, 0) is 22.4 Å². The van der Waals surface area contributed by atoms with Gasteiger partial charge in [0.15, 0.2) is 0 Å². The Morgan fingerprint density at radius 2 is 1.08 bits per heavy atom. The third kappa shape index (κ3) is 7.06. The molecule has 0 unspecified atom stereocenters. The summed E-state index contributed by atoms with van der Waals surface area (Å²) >= 11 is 0. The number of amides is 2. The number of benzene rings is 2. The number of fused-ring (bicyclic) bond motifs is 6. The van der Waals surface area contributed by atoms with Gasteiger partial charge in [-0.1, -0.05) is 24.3 Å². The van der Waals surface area contributed by atoms with E-state index >= 15 is 0 Å². The zero-order valence-electron chi connectivity index (χ0n) is 21.1. The third-order valence-electron chi connectivity index (χ3n) is 6.20. The first kappa shape index (κ1) is 25.2. The molecular formula is C30H30N4O4. The maximum absolute atomic E-state index is 12.5. The van der Waals surface area contributed by atoms with Crippen molar-refractivity contribution in [1.29, 1.82) is 0 Å². The summed E-state index contributed by atoms with van der Waals surface area (Å²) < 4.78 is 11.8. The number of aromatic nitrogens is 2. The summed E-state index contributed by atoms with van der Waals surface area (Å²) in [7, 11) is 0. The Morgan fingerprint density at radius 1 is 0.579 bits per heavy atom. The highest BCUT2D eigenvalue weighted by molar-refractivity contribution is 5.90. The Hall–Kier alpha value is -4.46. The molecule has 0 saturated heterocycles. The van der Waals surface area contributed by atoms with Gasteiger partial charge in [0.2, 0.25) is 11.8 Å². The maximum atomic E-state index is 12.5. The first-order valence-electron chi connectivity index (χ1n) is 12.9. The topological polar surface area (TPSA) is 102 Å². The Labute approximate surface area is 221 Å². The summed E-state index contributed by atoms with van der Waals surface area (Å²) in [6, 6.07) is 23.0. The second-order valence-corrected chi connectivity index (χ2v) is 9.20. The van der Waals surface area contributed by atoms with Gasteiger partial charge in [-0.3, -0.25) is 9.59 Å². The lowest BCUT2D eigenvalue weighted by Crippen LogP contribution is -2.14. The molecule has 4 aromatic rings. The van der Waals surface area contributed by atoms with E-state index in [0.717, 1.165) is 33.7 Å². The van der Waals surface area contributed by atoms with Crippen LogP contribution in [0.5, 0.6) is 11.5 Å². The molecule has 7 bridgehead atoms. The van der Waals surface area contributed by atoms with Crippen molar-refractivity contribution in [1.82, 2.24) is 9.97 Å². The summed E-state index contributed by atoms with van der Waals surface area (Å²) in [5.41, 5.74) is 1.71. The van der Waals surface area contributed by atoms with Crippen molar-refractivity contribution >= 4 is 34.2 Å². The number of nitrogens with one attached hydrogen (secondary N) is 2. The quantitative estimate of drug-likeness (QED) is 0.332. The van der Waals surface area contributed by atoms with Gasteiger partial charge in [0.05, 0.1) is 13.2 Å². The van der Waals surface area contributed by atoms with E-state index < -0.39 is 0 Å².